The minimum Gasteiger partial charge on any atom is -0.479 e. The average Bonchev–Trinajstić information content (AvgIpc) is 1.38. The van der Waals surface area contributed by atoms with Gasteiger partial charge in [0.1, 0.15) is 0 Å². The summed E-state index contributed by atoms with van der Waals surface area (Å²) in [4.78, 5) is 8.99. The molecule has 0 saturated carbocycles. The van der Waals surface area contributed by atoms with Crippen LogP contribution >= 0.6 is 0 Å². The molecule has 0 atom stereocenters. The van der Waals surface area contributed by atoms with E-state index in [1.807, 2.05) is 0 Å². The van der Waals surface area contributed by atoms with Crippen molar-refractivity contribution in [2.45, 2.75) is 0 Å². The summed E-state index contributed by atoms with van der Waals surface area (Å²) in [5.41, 5.74) is 0. The van der Waals surface area contributed by atoms with E-state index in [-0.39, 0.29) is 22.4 Å². The molecule has 0 aliphatic heterocycles. The van der Waals surface area contributed by atoms with E-state index in [1.54, 1.807) is 0 Å². The summed E-state index contributed by atoms with van der Waals surface area (Å²) < 4.78 is 10.5. The predicted molar refractivity (Wildman–Crippen MR) is 13.6 cm³/mol. The zero-order valence-corrected chi connectivity index (χ0v) is 4.22. The van der Waals surface area contributed by atoms with Crippen LogP contribution in [0.5, 0.6) is 0 Å². The molecule has 0 aromatic heterocycles. The number of rotatable bonds is 1. The van der Waals surface area contributed by atoms with Crippen molar-refractivity contribution >= 4 is 5.97 Å². The monoisotopic (exact) mass is 185 g/mol. The van der Waals surface area contributed by atoms with E-state index in [4.69, 9.17) is 9.90 Å². The molecule has 0 aliphatic rings. The molecule has 0 aromatic rings. The Labute approximate surface area is 49.9 Å². The Morgan fingerprint density at radius 1 is 1.83 bits per heavy atom. The zero-order chi connectivity index (χ0) is 4.28. The third-order valence-electron chi connectivity index (χ3n) is 0.114. The van der Waals surface area contributed by atoms with Crippen LogP contribution in [0.25, 0.3) is 0 Å². The molecule has 1 N–H and O–H groups in total. The summed E-state index contributed by atoms with van der Waals surface area (Å²) >= 11 is 0. The average molecular weight is 186 g/mol. The van der Waals surface area contributed by atoms with Crippen molar-refractivity contribution in [3.63, 3.8) is 0 Å². The van der Waals surface area contributed by atoms with Gasteiger partial charge in [0.25, 0.3) is 0 Å². The minimum absolute atomic E-state index is 0. The molecular formula is C2H3AgFO2. The van der Waals surface area contributed by atoms with Crippen molar-refractivity contribution in [2.75, 3.05) is 6.67 Å². The fourth-order valence-electron chi connectivity index (χ4n) is 0. The predicted octanol–water partition coefficient (Wildman–Crippen LogP) is 0.0380. The first kappa shape index (κ1) is 9.46. The molecule has 1 radical (unpaired) electrons. The van der Waals surface area contributed by atoms with Gasteiger partial charge in [-0.3, -0.25) is 0 Å². The van der Waals surface area contributed by atoms with Crippen LogP contribution in [0.1, 0.15) is 0 Å². The summed E-state index contributed by atoms with van der Waals surface area (Å²) in [5, 5.41) is 7.35. The van der Waals surface area contributed by atoms with E-state index in [2.05, 4.69) is 0 Å². The first-order valence-corrected chi connectivity index (χ1v) is 1.05. The maximum Gasteiger partial charge on any atom is 0.335 e. The smallest absolute Gasteiger partial charge is 0.335 e. The standard InChI is InChI=1S/C2H3FO2.Ag/c3-1-2(4)5;/h1H2,(H,4,5);. The van der Waals surface area contributed by atoms with E-state index < -0.39 is 12.6 Å². The van der Waals surface area contributed by atoms with Gasteiger partial charge in [-0.25, -0.2) is 9.18 Å². The zero-order valence-electron chi connectivity index (χ0n) is 2.74. The van der Waals surface area contributed by atoms with E-state index in [0.29, 0.717) is 0 Å². The third kappa shape index (κ3) is 8.91. The molecule has 0 saturated heterocycles. The van der Waals surface area contributed by atoms with Crippen LogP contribution < -0.4 is 0 Å². The van der Waals surface area contributed by atoms with Crippen molar-refractivity contribution in [1.82, 2.24) is 0 Å². The molecule has 6 heavy (non-hydrogen) atoms. The van der Waals surface area contributed by atoms with E-state index >= 15 is 0 Å². The van der Waals surface area contributed by atoms with Gasteiger partial charge >= 0.3 is 5.97 Å². The molecule has 0 aliphatic carbocycles. The number of hydrogen-bond donors (Lipinski definition) is 1. The van der Waals surface area contributed by atoms with Gasteiger partial charge in [0, 0.05) is 22.4 Å². The van der Waals surface area contributed by atoms with Crippen LogP contribution in [0.3, 0.4) is 0 Å². The second-order valence-electron chi connectivity index (χ2n) is 0.527. The Kier molecular flexibility index (Phi) is 8.11. The van der Waals surface area contributed by atoms with Crippen molar-refractivity contribution in [1.29, 1.82) is 0 Å². The molecule has 0 bridgehead atoms. The van der Waals surface area contributed by atoms with Crippen LogP contribution in [0, 0.1) is 0 Å². The fourth-order valence-corrected chi connectivity index (χ4v) is 0. The molecule has 41 valence electrons. The number of aliphatic carboxylic acids is 1. The number of carbonyl (C=O) groups is 1. The fraction of sp³-hybridized carbons (Fsp3) is 0.500. The van der Waals surface area contributed by atoms with E-state index in [1.165, 1.54) is 0 Å². The van der Waals surface area contributed by atoms with Gasteiger partial charge in [-0.1, -0.05) is 0 Å². The number of hydrogen-bond acceptors (Lipinski definition) is 1. The van der Waals surface area contributed by atoms with Gasteiger partial charge in [-0.05, 0) is 0 Å². The number of halogens is 1. The van der Waals surface area contributed by atoms with E-state index in [0.717, 1.165) is 0 Å². The van der Waals surface area contributed by atoms with Crippen molar-refractivity contribution in [3.8, 4) is 0 Å². The maximum atomic E-state index is 10.5. The molecule has 0 rings (SSSR count). The minimum atomic E-state index is -1.41. The summed E-state index contributed by atoms with van der Waals surface area (Å²) in [6, 6.07) is 0. The number of alkyl halides is 1. The van der Waals surface area contributed by atoms with Crippen molar-refractivity contribution in [2.24, 2.45) is 0 Å². The summed E-state index contributed by atoms with van der Waals surface area (Å²) in [5.74, 6) is -1.41. The van der Waals surface area contributed by atoms with Gasteiger partial charge in [-0.2, -0.15) is 0 Å². The third-order valence-corrected chi connectivity index (χ3v) is 0.114. The first-order valence-electron chi connectivity index (χ1n) is 1.05. The summed E-state index contributed by atoms with van der Waals surface area (Å²) in [6.45, 7) is -1.28. The second-order valence-corrected chi connectivity index (χ2v) is 0.527. The molecule has 0 heterocycles. The normalized spacial score (nSPS) is 6.17. The largest absolute Gasteiger partial charge is 0.479 e. The number of carboxylic acids is 1. The Morgan fingerprint density at radius 2 is 2.00 bits per heavy atom. The number of carboxylic acid groups (broad SMARTS) is 1. The maximum absolute atomic E-state index is 10.5. The first-order chi connectivity index (χ1) is 2.27. The van der Waals surface area contributed by atoms with Crippen LogP contribution in [-0.2, 0) is 27.2 Å². The second kappa shape index (κ2) is 5.14. The summed E-state index contributed by atoms with van der Waals surface area (Å²) in [7, 11) is 0. The van der Waals surface area contributed by atoms with Crippen LogP contribution in [0.4, 0.5) is 4.39 Å². The molecular weight excluding hydrogens is 183 g/mol. The van der Waals surface area contributed by atoms with Gasteiger partial charge in [0.15, 0.2) is 6.67 Å². The summed E-state index contributed by atoms with van der Waals surface area (Å²) in [6.07, 6.45) is 0. The molecule has 0 spiro atoms. The topological polar surface area (TPSA) is 37.3 Å². The van der Waals surface area contributed by atoms with Crippen molar-refractivity contribution in [3.05, 3.63) is 0 Å². The van der Waals surface area contributed by atoms with Crippen LogP contribution in [0.15, 0.2) is 0 Å². The Balaban J connectivity index is 0. The van der Waals surface area contributed by atoms with Gasteiger partial charge < -0.3 is 5.11 Å². The van der Waals surface area contributed by atoms with Crippen LogP contribution in [-0.4, -0.2) is 17.8 Å². The van der Waals surface area contributed by atoms with Crippen molar-refractivity contribution < 1.29 is 36.7 Å². The Morgan fingerprint density at radius 3 is 2.00 bits per heavy atom. The molecule has 0 amide bonds. The molecule has 0 aromatic carbocycles. The molecule has 4 heteroatoms. The van der Waals surface area contributed by atoms with E-state index in [9.17, 15) is 4.39 Å². The van der Waals surface area contributed by atoms with Gasteiger partial charge in [0.05, 0.1) is 0 Å². The quantitative estimate of drug-likeness (QED) is 0.586. The molecule has 2 nitrogen and oxygen atoms in total. The molecule has 0 fully saturated rings. The molecule has 0 unspecified atom stereocenters. The van der Waals surface area contributed by atoms with Crippen LogP contribution in [0.2, 0.25) is 0 Å². The van der Waals surface area contributed by atoms with Gasteiger partial charge in [0.2, 0.25) is 0 Å². The van der Waals surface area contributed by atoms with Gasteiger partial charge in [-0.15, -0.1) is 0 Å². The Bertz CT molecular complexity index is 46.8. The Hall–Kier alpha value is 0.140. The SMILES string of the molecule is O=C(O)CF.[Ag].